The summed E-state index contributed by atoms with van der Waals surface area (Å²) in [5.41, 5.74) is 8.69. The third kappa shape index (κ3) is 4.71. The summed E-state index contributed by atoms with van der Waals surface area (Å²) >= 11 is 0. The van der Waals surface area contributed by atoms with E-state index in [1.54, 1.807) is 0 Å². The van der Waals surface area contributed by atoms with Gasteiger partial charge in [0.05, 0.1) is 34.5 Å². The maximum atomic E-state index is 5.13. The van der Waals surface area contributed by atoms with Crippen molar-refractivity contribution in [1.29, 1.82) is 0 Å². The van der Waals surface area contributed by atoms with E-state index in [-0.39, 0.29) is 0 Å². The second-order valence-corrected chi connectivity index (χ2v) is 11.1. The number of pyridine rings is 2. The van der Waals surface area contributed by atoms with Crippen molar-refractivity contribution < 1.29 is 0 Å². The van der Waals surface area contributed by atoms with Crippen LogP contribution in [0.5, 0.6) is 0 Å². The van der Waals surface area contributed by atoms with Crippen LogP contribution >= 0.6 is 0 Å². The molecule has 4 aromatic carbocycles. The van der Waals surface area contributed by atoms with E-state index in [9.17, 15) is 0 Å². The molecule has 0 radical (unpaired) electrons. The number of hydrogen-bond acceptors (Lipinski definition) is 4. The third-order valence-electron chi connectivity index (χ3n) is 8.29. The number of imidazole rings is 2. The molecule has 0 saturated heterocycles. The topological polar surface area (TPSA) is 61.4 Å². The van der Waals surface area contributed by atoms with Gasteiger partial charge in [-0.3, -0.25) is 9.97 Å². The lowest BCUT2D eigenvalue weighted by Gasteiger charge is -2.12. The van der Waals surface area contributed by atoms with E-state index in [4.69, 9.17) is 19.9 Å². The molecule has 208 valence electrons. The summed E-state index contributed by atoms with van der Waals surface area (Å²) in [4.78, 5) is 19.7. The van der Waals surface area contributed by atoms with E-state index in [2.05, 4.69) is 106 Å². The van der Waals surface area contributed by atoms with Gasteiger partial charge in [-0.25, -0.2) is 9.97 Å². The van der Waals surface area contributed by atoms with Crippen LogP contribution < -0.4 is 0 Å². The number of aromatic nitrogens is 6. The number of para-hydroxylation sites is 2. The van der Waals surface area contributed by atoms with Gasteiger partial charge in [0.15, 0.2) is 0 Å². The van der Waals surface area contributed by atoms with Gasteiger partial charge in [-0.05, 0) is 29.7 Å². The molecule has 4 heterocycles. The van der Waals surface area contributed by atoms with Crippen LogP contribution in [0.25, 0.3) is 43.9 Å². The zero-order chi connectivity index (χ0) is 28.6. The smallest absolute Gasteiger partial charge is 0.110 e. The SMILES string of the molecule is c1ccc(Cn2c(CCCc3nc4cnc5ccccc5c4n3Cc3ccccc3)nc3cnc4ccccc4c32)cc1. The Kier molecular flexibility index (Phi) is 6.37. The summed E-state index contributed by atoms with van der Waals surface area (Å²) in [5, 5.41) is 2.28. The highest BCUT2D eigenvalue weighted by Crippen LogP contribution is 2.28. The van der Waals surface area contributed by atoms with Gasteiger partial charge in [0, 0.05) is 36.7 Å². The molecule has 0 N–H and O–H groups in total. The van der Waals surface area contributed by atoms with E-state index in [0.717, 1.165) is 87.9 Å². The van der Waals surface area contributed by atoms with Crippen molar-refractivity contribution in [2.24, 2.45) is 0 Å². The predicted molar refractivity (Wildman–Crippen MR) is 173 cm³/mol. The standard InChI is InChI=1S/C37H30N6/c1-3-12-26(13-4-1)24-42-34(40-32-22-38-30-18-9-7-16-28(30)36(32)42)20-11-21-35-41-33-23-39-31-19-10-8-17-29(31)37(33)43(35)25-27-14-5-2-6-15-27/h1-10,12-19,22-23H,11,20-21,24-25H2. The number of fused-ring (bicyclic) bond motifs is 6. The maximum absolute atomic E-state index is 5.13. The summed E-state index contributed by atoms with van der Waals surface area (Å²) in [5.74, 6) is 2.16. The van der Waals surface area contributed by atoms with E-state index in [1.165, 1.54) is 11.1 Å². The highest BCUT2D eigenvalue weighted by molar-refractivity contribution is 6.03. The first-order valence-electron chi connectivity index (χ1n) is 14.9. The molecule has 0 saturated carbocycles. The molecule has 6 nitrogen and oxygen atoms in total. The number of hydrogen-bond donors (Lipinski definition) is 0. The molecule has 0 aliphatic carbocycles. The Labute approximate surface area is 249 Å². The number of benzene rings is 4. The van der Waals surface area contributed by atoms with Crippen molar-refractivity contribution in [1.82, 2.24) is 29.1 Å². The number of nitrogens with zero attached hydrogens (tertiary/aromatic N) is 6. The average molecular weight is 559 g/mol. The van der Waals surface area contributed by atoms with Crippen molar-refractivity contribution in [3.63, 3.8) is 0 Å². The first kappa shape index (κ1) is 25.4. The highest BCUT2D eigenvalue weighted by atomic mass is 15.1. The molecule has 6 heteroatoms. The molecule has 43 heavy (non-hydrogen) atoms. The summed E-state index contributed by atoms with van der Waals surface area (Å²) in [6.07, 6.45) is 6.43. The van der Waals surface area contributed by atoms with Gasteiger partial charge in [0.25, 0.3) is 0 Å². The summed E-state index contributed by atoms with van der Waals surface area (Å²) in [7, 11) is 0. The molecular formula is C37H30N6. The van der Waals surface area contributed by atoms with Gasteiger partial charge in [0.2, 0.25) is 0 Å². The molecule has 0 atom stereocenters. The number of aryl methyl sites for hydroxylation is 2. The van der Waals surface area contributed by atoms with Crippen LogP contribution in [-0.4, -0.2) is 29.1 Å². The minimum Gasteiger partial charge on any atom is -0.323 e. The van der Waals surface area contributed by atoms with E-state index in [0.29, 0.717) is 0 Å². The van der Waals surface area contributed by atoms with Crippen LogP contribution in [0.15, 0.2) is 122 Å². The van der Waals surface area contributed by atoms with E-state index < -0.39 is 0 Å². The van der Waals surface area contributed by atoms with Crippen LogP contribution in [0.1, 0.15) is 29.2 Å². The Bertz CT molecular complexity index is 2050. The fourth-order valence-corrected chi connectivity index (χ4v) is 6.28. The normalized spacial score (nSPS) is 11.7. The van der Waals surface area contributed by atoms with E-state index >= 15 is 0 Å². The van der Waals surface area contributed by atoms with Crippen LogP contribution in [0.3, 0.4) is 0 Å². The molecule has 8 rings (SSSR count). The molecular weight excluding hydrogens is 528 g/mol. The molecule has 0 fully saturated rings. The third-order valence-corrected chi connectivity index (χ3v) is 8.29. The first-order chi connectivity index (χ1) is 21.3. The Balaban J connectivity index is 1.17. The molecule has 0 spiro atoms. The Morgan fingerprint density at radius 3 is 1.33 bits per heavy atom. The zero-order valence-corrected chi connectivity index (χ0v) is 23.8. The van der Waals surface area contributed by atoms with E-state index in [1.807, 2.05) is 24.5 Å². The van der Waals surface area contributed by atoms with Gasteiger partial charge >= 0.3 is 0 Å². The summed E-state index contributed by atoms with van der Waals surface area (Å²) < 4.78 is 4.78. The molecule has 0 aliphatic rings. The van der Waals surface area contributed by atoms with Crippen LogP contribution in [0, 0.1) is 0 Å². The fraction of sp³-hybridized carbons (Fsp3) is 0.135. The predicted octanol–water partition coefficient (Wildman–Crippen LogP) is 7.75. The van der Waals surface area contributed by atoms with Crippen molar-refractivity contribution in [3.8, 4) is 0 Å². The Morgan fingerprint density at radius 2 is 0.860 bits per heavy atom. The second-order valence-electron chi connectivity index (χ2n) is 11.1. The minimum atomic E-state index is 0.769. The maximum Gasteiger partial charge on any atom is 0.110 e. The summed E-state index contributed by atoms with van der Waals surface area (Å²) in [6.45, 7) is 1.54. The molecule has 0 aliphatic heterocycles. The van der Waals surface area contributed by atoms with Crippen LogP contribution in [0.4, 0.5) is 0 Å². The Morgan fingerprint density at radius 1 is 0.442 bits per heavy atom. The van der Waals surface area contributed by atoms with Gasteiger partial charge in [0.1, 0.15) is 22.7 Å². The molecule has 4 aromatic heterocycles. The van der Waals surface area contributed by atoms with Gasteiger partial charge < -0.3 is 9.13 Å². The Hall–Kier alpha value is -5.36. The fourth-order valence-electron chi connectivity index (χ4n) is 6.28. The average Bonchev–Trinajstić information content (AvgIpc) is 3.59. The molecule has 0 amide bonds. The second kappa shape index (κ2) is 10.8. The largest absolute Gasteiger partial charge is 0.323 e. The summed E-state index contributed by atoms with van der Waals surface area (Å²) in [6, 6.07) is 38.0. The van der Waals surface area contributed by atoms with Gasteiger partial charge in [-0.15, -0.1) is 0 Å². The van der Waals surface area contributed by atoms with Crippen molar-refractivity contribution in [3.05, 3.63) is 144 Å². The molecule has 8 aromatic rings. The number of rotatable bonds is 8. The molecule has 0 bridgehead atoms. The van der Waals surface area contributed by atoms with Crippen LogP contribution in [0.2, 0.25) is 0 Å². The zero-order valence-electron chi connectivity index (χ0n) is 23.8. The van der Waals surface area contributed by atoms with Crippen molar-refractivity contribution >= 4 is 43.9 Å². The van der Waals surface area contributed by atoms with Gasteiger partial charge in [-0.2, -0.15) is 0 Å². The monoisotopic (exact) mass is 558 g/mol. The highest BCUT2D eigenvalue weighted by Gasteiger charge is 2.18. The lowest BCUT2D eigenvalue weighted by Crippen LogP contribution is -2.09. The van der Waals surface area contributed by atoms with Crippen LogP contribution in [-0.2, 0) is 25.9 Å². The van der Waals surface area contributed by atoms with Gasteiger partial charge in [-0.1, -0.05) is 97.1 Å². The first-order valence-corrected chi connectivity index (χ1v) is 14.9. The quantitative estimate of drug-likeness (QED) is 0.191. The molecule has 0 unspecified atom stereocenters. The van der Waals surface area contributed by atoms with Crippen molar-refractivity contribution in [2.45, 2.75) is 32.4 Å². The lowest BCUT2D eigenvalue weighted by molar-refractivity contribution is 0.662. The lowest BCUT2D eigenvalue weighted by atomic mass is 10.1. The van der Waals surface area contributed by atoms with Crippen molar-refractivity contribution in [2.75, 3.05) is 0 Å². The minimum absolute atomic E-state index is 0.769.